The second-order valence-electron chi connectivity index (χ2n) is 2.36. The Kier molecular flexibility index (Phi) is 1.24. The van der Waals surface area contributed by atoms with Gasteiger partial charge in [0, 0.05) is 0 Å². The summed E-state index contributed by atoms with van der Waals surface area (Å²) in [7, 11) is 0. The third-order valence-corrected chi connectivity index (χ3v) is 2.49. The predicted molar refractivity (Wildman–Crippen MR) is 44.5 cm³/mol. The highest BCUT2D eigenvalue weighted by atomic mass is 32.1. The van der Waals surface area contributed by atoms with Crippen LogP contribution in [-0.2, 0) is 0 Å². The SMILES string of the molecule is Cc1cscc2cc[c]c1-2. The number of fused-ring (bicyclic) bond motifs is 1. The van der Waals surface area contributed by atoms with Crippen LogP contribution >= 0.6 is 11.3 Å². The fraction of sp³-hybridized carbons (Fsp3) is 0.111. The molecule has 0 saturated heterocycles. The van der Waals surface area contributed by atoms with Crippen molar-refractivity contribution < 1.29 is 0 Å². The van der Waals surface area contributed by atoms with Crippen LogP contribution in [0.25, 0.3) is 11.1 Å². The first kappa shape index (κ1) is 5.93. The number of hydrogen-bond acceptors (Lipinski definition) is 1. The quantitative estimate of drug-likeness (QED) is 0.537. The van der Waals surface area contributed by atoms with Gasteiger partial charge in [0.1, 0.15) is 0 Å². The summed E-state index contributed by atoms with van der Waals surface area (Å²) < 4.78 is 0. The lowest BCUT2D eigenvalue weighted by molar-refractivity contribution is 1.53. The van der Waals surface area contributed by atoms with Crippen molar-refractivity contribution in [2.24, 2.45) is 0 Å². The molecule has 1 aliphatic carbocycles. The summed E-state index contributed by atoms with van der Waals surface area (Å²) in [4.78, 5) is 0. The largest absolute Gasteiger partial charge is 0.152 e. The average Bonchev–Trinajstić information content (AvgIpc) is 2.36. The van der Waals surface area contributed by atoms with E-state index >= 15 is 0 Å². The number of rotatable bonds is 0. The normalized spacial score (nSPS) is 10.5. The van der Waals surface area contributed by atoms with Gasteiger partial charge in [0.15, 0.2) is 0 Å². The molecule has 10 heavy (non-hydrogen) atoms. The van der Waals surface area contributed by atoms with Gasteiger partial charge in [0.05, 0.1) is 0 Å². The van der Waals surface area contributed by atoms with Crippen LogP contribution in [0.2, 0.25) is 0 Å². The number of aryl methyl sites for hydroxylation is 1. The first-order valence-corrected chi connectivity index (χ1v) is 4.15. The van der Waals surface area contributed by atoms with Crippen molar-refractivity contribution in [2.75, 3.05) is 0 Å². The van der Waals surface area contributed by atoms with Gasteiger partial charge in [-0.2, -0.15) is 11.3 Å². The highest BCUT2D eigenvalue weighted by molar-refractivity contribution is 7.08. The van der Waals surface area contributed by atoms with E-state index in [2.05, 4.69) is 29.8 Å². The lowest BCUT2D eigenvalue weighted by Gasteiger charge is -1.98. The Labute approximate surface area is 64.5 Å². The molecule has 1 aliphatic heterocycles. The second kappa shape index (κ2) is 2.10. The minimum atomic E-state index is 1.26. The molecule has 0 amide bonds. The van der Waals surface area contributed by atoms with Crippen molar-refractivity contribution in [3.63, 3.8) is 0 Å². The van der Waals surface area contributed by atoms with E-state index in [9.17, 15) is 0 Å². The molecule has 0 bridgehead atoms. The second-order valence-corrected chi connectivity index (χ2v) is 3.11. The molecule has 0 fully saturated rings. The molecule has 1 radical (unpaired) electrons. The minimum Gasteiger partial charge on any atom is -0.152 e. The Hall–Kier alpha value is -0.820. The van der Waals surface area contributed by atoms with Crippen LogP contribution in [0.5, 0.6) is 0 Å². The molecule has 0 nitrogen and oxygen atoms in total. The molecule has 0 spiro atoms. The van der Waals surface area contributed by atoms with Crippen LogP contribution in [0.4, 0.5) is 0 Å². The van der Waals surface area contributed by atoms with Crippen LogP contribution in [0.15, 0.2) is 22.9 Å². The zero-order valence-electron chi connectivity index (χ0n) is 5.72. The van der Waals surface area contributed by atoms with Crippen LogP contribution in [0.1, 0.15) is 5.56 Å². The van der Waals surface area contributed by atoms with E-state index in [0.29, 0.717) is 0 Å². The van der Waals surface area contributed by atoms with E-state index in [1.807, 2.05) is 6.07 Å². The summed E-state index contributed by atoms with van der Waals surface area (Å²) in [6, 6.07) is 7.27. The summed E-state index contributed by atoms with van der Waals surface area (Å²) in [5, 5.41) is 4.30. The van der Waals surface area contributed by atoms with Crippen molar-refractivity contribution in [1.29, 1.82) is 0 Å². The van der Waals surface area contributed by atoms with Gasteiger partial charge in [-0.25, -0.2) is 0 Å². The number of hydrogen-bond donors (Lipinski definition) is 0. The van der Waals surface area contributed by atoms with Gasteiger partial charge in [0.2, 0.25) is 0 Å². The van der Waals surface area contributed by atoms with E-state index < -0.39 is 0 Å². The molecular formula is C9H7S. The van der Waals surface area contributed by atoms with Gasteiger partial charge >= 0.3 is 0 Å². The van der Waals surface area contributed by atoms with Gasteiger partial charge < -0.3 is 0 Å². The Bertz CT molecular complexity index is 309. The van der Waals surface area contributed by atoms with Crippen LogP contribution < -0.4 is 0 Å². The van der Waals surface area contributed by atoms with Crippen molar-refractivity contribution in [1.82, 2.24) is 0 Å². The highest BCUT2D eigenvalue weighted by Crippen LogP contribution is 2.27. The zero-order chi connectivity index (χ0) is 6.97. The summed E-state index contributed by atoms with van der Waals surface area (Å²) in [6.45, 7) is 2.12. The monoisotopic (exact) mass is 147 g/mol. The smallest absolute Gasteiger partial charge is 0.00146 e. The lowest BCUT2D eigenvalue weighted by Crippen LogP contribution is -1.74. The van der Waals surface area contributed by atoms with Gasteiger partial charge in [-0.15, -0.1) is 0 Å². The van der Waals surface area contributed by atoms with Crippen molar-refractivity contribution in [2.45, 2.75) is 6.92 Å². The molecule has 0 aromatic heterocycles. The molecule has 0 N–H and O–H groups in total. The molecular weight excluding hydrogens is 140 g/mol. The zero-order valence-corrected chi connectivity index (χ0v) is 6.53. The summed E-state index contributed by atoms with van der Waals surface area (Å²) in [6.07, 6.45) is 0. The Morgan fingerprint density at radius 1 is 1.40 bits per heavy atom. The average molecular weight is 147 g/mol. The predicted octanol–water partition coefficient (Wildman–Crippen LogP) is 2.96. The fourth-order valence-corrected chi connectivity index (χ4v) is 1.82. The van der Waals surface area contributed by atoms with Gasteiger partial charge in [0.25, 0.3) is 0 Å². The topological polar surface area (TPSA) is 0 Å². The van der Waals surface area contributed by atoms with Gasteiger partial charge in [-0.05, 0) is 40.4 Å². The lowest BCUT2D eigenvalue weighted by atomic mass is 10.1. The molecule has 0 saturated carbocycles. The highest BCUT2D eigenvalue weighted by Gasteiger charge is 2.02. The summed E-state index contributed by atoms with van der Waals surface area (Å²) >= 11 is 1.74. The van der Waals surface area contributed by atoms with Crippen LogP contribution in [0.3, 0.4) is 0 Å². The molecule has 2 aliphatic rings. The summed E-state index contributed by atoms with van der Waals surface area (Å²) in [5.41, 5.74) is 3.90. The van der Waals surface area contributed by atoms with Crippen molar-refractivity contribution >= 4 is 11.3 Å². The van der Waals surface area contributed by atoms with E-state index in [0.717, 1.165) is 0 Å². The maximum absolute atomic E-state index is 3.19. The van der Waals surface area contributed by atoms with Crippen LogP contribution in [-0.4, -0.2) is 0 Å². The van der Waals surface area contributed by atoms with E-state index in [-0.39, 0.29) is 0 Å². The van der Waals surface area contributed by atoms with Gasteiger partial charge in [-0.1, -0.05) is 12.1 Å². The minimum absolute atomic E-state index is 1.26. The van der Waals surface area contributed by atoms with E-state index in [1.165, 1.54) is 16.7 Å². The molecule has 2 rings (SSSR count). The van der Waals surface area contributed by atoms with Gasteiger partial charge in [-0.3, -0.25) is 0 Å². The Morgan fingerprint density at radius 3 is 3.10 bits per heavy atom. The van der Waals surface area contributed by atoms with Crippen LogP contribution in [0, 0.1) is 13.0 Å². The van der Waals surface area contributed by atoms with Crippen molar-refractivity contribution in [3.8, 4) is 11.1 Å². The maximum Gasteiger partial charge on any atom is -0.00146 e. The Morgan fingerprint density at radius 2 is 2.30 bits per heavy atom. The van der Waals surface area contributed by atoms with Crippen molar-refractivity contribution in [3.05, 3.63) is 34.5 Å². The molecule has 0 atom stereocenters. The third-order valence-electron chi connectivity index (χ3n) is 1.61. The fourth-order valence-electron chi connectivity index (χ4n) is 1.09. The molecule has 0 aromatic carbocycles. The maximum atomic E-state index is 3.19. The molecule has 49 valence electrons. The van der Waals surface area contributed by atoms with E-state index in [1.54, 1.807) is 11.3 Å². The molecule has 1 heterocycles. The standard InChI is InChI=1S/C9H7S/c1-7-5-10-6-8-3-2-4-9(7)8/h2-3,5-6H,1H3. The molecule has 0 unspecified atom stereocenters. The molecule has 0 aromatic rings. The third kappa shape index (κ3) is 0.745. The Balaban J connectivity index is 2.80. The summed E-state index contributed by atoms with van der Waals surface area (Å²) in [5.74, 6) is 0. The first-order valence-electron chi connectivity index (χ1n) is 3.21. The first-order chi connectivity index (χ1) is 4.88. The molecule has 1 heteroatoms. The van der Waals surface area contributed by atoms with E-state index in [4.69, 9.17) is 0 Å².